The van der Waals surface area contributed by atoms with Crippen molar-refractivity contribution in [3.05, 3.63) is 48.0 Å². The van der Waals surface area contributed by atoms with Crippen LogP contribution in [-0.2, 0) is 23.1 Å². The number of imidazole rings is 1. The molecular weight excluding hydrogens is 465 g/mol. The lowest BCUT2D eigenvalue weighted by atomic mass is 9.97. The van der Waals surface area contributed by atoms with Crippen molar-refractivity contribution in [3.8, 4) is 0 Å². The number of anilines is 1. The lowest BCUT2D eigenvalue weighted by Gasteiger charge is -2.34. The van der Waals surface area contributed by atoms with Gasteiger partial charge >= 0.3 is 15.5 Å². The molecule has 2 aromatic rings. The Balaban J connectivity index is 1.70. The number of halogens is 3. The van der Waals surface area contributed by atoms with Crippen LogP contribution in [0.3, 0.4) is 0 Å². The van der Waals surface area contributed by atoms with E-state index in [1.54, 1.807) is 18.5 Å². The van der Waals surface area contributed by atoms with Gasteiger partial charge in [0.05, 0.1) is 18.6 Å². The molecule has 0 amide bonds. The Kier molecular flexibility index (Phi) is 7.28. The largest absolute Gasteiger partial charge is 0.511 e. The Labute approximate surface area is 199 Å². The third kappa shape index (κ3) is 5.27. The lowest BCUT2D eigenvalue weighted by molar-refractivity contribution is -0.0492. The fourth-order valence-electron chi connectivity index (χ4n) is 5.15. The maximum atomic E-state index is 13.6. The summed E-state index contributed by atoms with van der Waals surface area (Å²) in [5, 5.41) is 0. The molecule has 0 bridgehead atoms. The van der Waals surface area contributed by atoms with Crippen LogP contribution >= 0.6 is 0 Å². The van der Waals surface area contributed by atoms with Crippen LogP contribution in [0.5, 0.6) is 0 Å². The van der Waals surface area contributed by atoms with E-state index < -0.39 is 15.5 Å². The van der Waals surface area contributed by atoms with Gasteiger partial charge in [0.2, 0.25) is 0 Å². The predicted octanol–water partition coefficient (Wildman–Crippen LogP) is 5.47. The van der Waals surface area contributed by atoms with Crippen LogP contribution in [0, 0.1) is 5.92 Å². The zero-order valence-electron chi connectivity index (χ0n) is 19.7. The monoisotopic (exact) mass is 498 g/mol. The summed E-state index contributed by atoms with van der Waals surface area (Å²) in [6.07, 6.45) is 9.86. The number of fused-ring (bicyclic) bond motifs is 1. The van der Waals surface area contributed by atoms with Gasteiger partial charge in [0, 0.05) is 37.1 Å². The third-order valence-corrected chi connectivity index (χ3v) is 8.64. The Morgan fingerprint density at radius 3 is 2.47 bits per heavy atom. The standard InChI is InChI=1S/C24H33F3N4O2S/c1-18(2)29-14-21(28-17-29)15-31-22(12-11-19-7-3-4-8-19)16-30(34(32,33)24(25,26)27)13-20-9-5-6-10-23(20)31/h5-6,9-10,14,17-19,22H,3-4,7-8,11-13,15-16H2,1-2H3/t22-/m1/s1. The Hall–Kier alpha value is -2.07. The molecule has 10 heteroatoms. The average molecular weight is 499 g/mol. The SMILES string of the molecule is CC(C)n1cnc(CN2c3ccccc3CN(S(=O)(=O)C(F)(F)F)C[C@H]2CCC2CCCC2)c1. The second-order valence-electron chi connectivity index (χ2n) is 9.79. The first-order valence-corrected chi connectivity index (χ1v) is 13.4. The van der Waals surface area contributed by atoms with E-state index in [0.717, 1.165) is 30.6 Å². The van der Waals surface area contributed by atoms with E-state index in [0.29, 0.717) is 28.8 Å². The highest BCUT2D eigenvalue weighted by atomic mass is 32.2. The summed E-state index contributed by atoms with van der Waals surface area (Å²) in [6.45, 7) is 4.02. The molecule has 1 aliphatic heterocycles. The van der Waals surface area contributed by atoms with Crippen LogP contribution in [0.2, 0.25) is 0 Å². The molecule has 4 rings (SSSR count). The normalized spacial score (nSPS) is 20.6. The van der Waals surface area contributed by atoms with E-state index in [2.05, 4.69) is 23.7 Å². The summed E-state index contributed by atoms with van der Waals surface area (Å²) >= 11 is 0. The number of sulfonamides is 1. The van der Waals surface area contributed by atoms with Gasteiger partial charge in [0.25, 0.3) is 0 Å². The second kappa shape index (κ2) is 9.89. The average Bonchev–Trinajstić information content (AvgIpc) is 3.43. The van der Waals surface area contributed by atoms with Crippen molar-refractivity contribution >= 4 is 15.7 Å². The number of nitrogens with zero attached hydrogens (tertiary/aromatic N) is 4. The minimum atomic E-state index is -5.45. The second-order valence-corrected chi connectivity index (χ2v) is 11.7. The summed E-state index contributed by atoms with van der Waals surface area (Å²) in [5.41, 5.74) is -3.18. The molecule has 1 saturated carbocycles. The molecule has 0 radical (unpaired) electrons. The fourth-order valence-corrected chi connectivity index (χ4v) is 6.12. The number of alkyl halides is 3. The summed E-state index contributed by atoms with van der Waals surface area (Å²) in [6, 6.07) is 7.03. The summed E-state index contributed by atoms with van der Waals surface area (Å²) in [5.74, 6) is 0.549. The molecule has 2 heterocycles. The Morgan fingerprint density at radius 2 is 1.82 bits per heavy atom. The predicted molar refractivity (Wildman–Crippen MR) is 126 cm³/mol. The fraction of sp³-hybridized carbons (Fsp3) is 0.625. The maximum Gasteiger partial charge on any atom is 0.511 e. The van der Waals surface area contributed by atoms with E-state index in [1.165, 1.54) is 12.8 Å². The van der Waals surface area contributed by atoms with Gasteiger partial charge in [-0.15, -0.1) is 0 Å². The first-order valence-electron chi connectivity index (χ1n) is 12.0. The van der Waals surface area contributed by atoms with Gasteiger partial charge in [-0.3, -0.25) is 0 Å². The van der Waals surface area contributed by atoms with Crippen molar-refractivity contribution in [2.45, 2.75) is 83.1 Å². The van der Waals surface area contributed by atoms with E-state index in [9.17, 15) is 21.6 Å². The minimum absolute atomic E-state index is 0.200. The topological polar surface area (TPSA) is 58.4 Å². The molecule has 6 nitrogen and oxygen atoms in total. The van der Waals surface area contributed by atoms with Crippen LogP contribution in [0.15, 0.2) is 36.8 Å². The van der Waals surface area contributed by atoms with Crippen LogP contribution in [0.4, 0.5) is 18.9 Å². The number of rotatable bonds is 7. The maximum absolute atomic E-state index is 13.6. The molecule has 188 valence electrons. The smallest absolute Gasteiger partial charge is 0.361 e. The molecule has 0 saturated heterocycles. The van der Waals surface area contributed by atoms with Crippen molar-refractivity contribution in [1.29, 1.82) is 0 Å². The van der Waals surface area contributed by atoms with Gasteiger partial charge in [-0.2, -0.15) is 17.5 Å². The molecule has 1 atom stereocenters. The van der Waals surface area contributed by atoms with Gasteiger partial charge in [-0.05, 0) is 44.2 Å². The van der Waals surface area contributed by atoms with Crippen LogP contribution < -0.4 is 4.90 Å². The molecule has 1 aliphatic carbocycles. The van der Waals surface area contributed by atoms with Crippen LogP contribution in [0.1, 0.15) is 69.7 Å². The Morgan fingerprint density at radius 1 is 1.12 bits per heavy atom. The minimum Gasteiger partial charge on any atom is -0.361 e. The zero-order chi connectivity index (χ0) is 24.5. The number of benzene rings is 1. The molecule has 2 aliphatic rings. The van der Waals surface area contributed by atoms with Crippen molar-refractivity contribution in [2.24, 2.45) is 5.92 Å². The van der Waals surface area contributed by atoms with E-state index in [-0.39, 0.29) is 25.2 Å². The van der Waals surface area contributed by atoms with Crippen LogP contribution in [0.25, 0.3) is 0 Å². The number of para-hydroxylation sites is 1. The van der Waals surface area contributed by atoms with Crippen molar-refractivity contribution in [3.63, 3.8) is 0 Å². The highest BCUT2D eigenvalue weighted by Gasteiger charge is 2.51. The molecule has 1 fully saturated rings. The van der Waals surface area contributed by atoms with Gasteiger partial charge in [0.1, 0.15) is 0 Å². The van der Waals surface area contributed by atoms with Gasteiger partial charge in [-0.25, -0.2) is 13.4 Å². The molecule has 1 aromatic heterocycles. The van der Waals surface area contributed by atoms with Gasteiger partial charge in [-0.1, -0.05) is 43.9 Å². The van der Waals surface area contributed by atoms with Gasteiger partial charge in [0.15, 0.2) is 0 Å². The third-order valence-electron chi connectivity index (χ3n) is 7.10. The van der Waals surface area contributed by atoms with Gasteiger partial charge < -0.3 is 9.47 Å². The Bertz CT molecular complexity index is 1080. The number of aromatic nitrogens is 2. The van der Waals surface area contributed by atoms with E-state index in [1.807, 2.05) is 22.9 Å². The molecule has 0 spiro atoms. The molecule has 34 heavy (non-hydrogen) atoms. The molecule has 0 N–H and O–H groups in total. The van der Waals surface area contributed by atoms with E-state index >= 15 is 0 Å². The summed E-state index contributed by atoms with van der Waals surface area (Å²) in [7, 11) is -5.45. The molecular formula is C24H33F3N4O2S. The quantitative estimate of drug-likeness (QED) is 0.508. The zero-order valence-corrected chi connectivity index (χ0v) is 20.5. The summed E-state index contributed by atoms with van der Waals surface area (Å²) in [4.78, 5) is 6.60. The highest BCUT2D eigenvalue weighted by molar-refractivity contribution is 7.89. The molecule has 1 aromatic carbocycles. The number of hydrogen-bond donors (Lipinski definition) is 0. The summed E-state index contributed by atoms with van der Waals surface area (Å²) < 4.78 is 68.2. The number of hydrogen-bond acceptors (Lipinski definition) is 4. The first kappa shape index (κ1) is 25.0. The van der Waals surface area contributed by atoms with Crippen molar-refractivity contribution in [1.82, 2.24) is 13.9 Å². The van der Waals surface area contributed by atoms with Crippen LogP contribution in [-0.4, -0.2) is 40.4 Å². The van der Waals surface area contributed by atoms with E-state index in [4.69, 9.17) is 0 Å². The van der Waals surface area contributed by atoms with Crippen molar-refractivity contribution < 1.29 is 21.6 Å². The highest BCUT2D eigenvalue weighted by Crippen LogP contribution is 2.37. The van der Waals surface area contributed by atoms with Crippen molar-refractivity contribution in [2.75, 3.05) is 11.4 Å². The first-order chi connectivity index (χ1) is 16.1. The lowest BCUT2D eigenvalue weighted by Crippen LogP contribution is -2.47. The molecule has 0 unspecified atom stereocenters.